The molecule has 0 heterocycles. The number of hydrogen-bond acceptors (Lipinski definition) is 3. The van der Waals surface area contributed by atoms with E-state index in [9.17, 15) is 0 Å². The number of aryl methyl sites for hydroxylation is 3. The zero-order valence-corrected chi connectivity index (χ0v) is 12.0. The Bertz CT molecular complexity index is 708. The first kappa shape index (κ1) is 13.5. The third kappa shape index (κ3) is 2.57. The van der Waals surface area contributed by atoms with Gasteiger partial charge in [-0.3, -0.25) is 0 Å². The number of nitrogens with two attached hydrogens (primary N) is 1. The fraction of sp³-hybridized carbons (Fsp3) is 0.235. The molecule has 0 aliphatic heterocycles. The number of fused-ring (bicyclic) bond motifs is 1. The maximum atomic E-state index is 8.90. The second-order valence-corrected chi connectivity index (χ2v) is 5.32. The molecule has 0 aromatic heterocycles. The topological polar surface area (TPSA) is 67.8 Å². The van der Waals surface area contributed by atoms with E-state index in [1.807, 2.05) is 25.1 Å². The Labute approximate surface area is 123 Å². The summed E-state index contributed by atoms with van der Waals surface area (Å²) in [5, 5.41) is 12.0. The van der Waals surface area contributed by atoms with Gasteiger partial charge in [-0.2, -0.15) is 0 Å². The molecule has 4 heteroatoms. The van der Waals surface area contributed by atoms with Gasteiger partial charge in [0.05, 0.1) is 5.56 Å². The first-order valence-corrected chi connectivity index (χ1v) is 7.06. The van der Waals surface area contributed by atoms with Gasteiger partial charge < -0.3 is 15.7 Å². The molecule has 0 unspecified atom stereocenters. The van der Waals surface area contributed by atoms with E-state index in [-0.39, 0.29) is 5.84 Å². The first-order chi connectivity index (χ1) is 10.2. The summed E-state index contributed by atoms with van der Waals surface area (Å²) in [7, 11) is 0. The van der Waals surface area contributed by atoms with Crippen LogP contribution in [0.3, 0.4) is 0 Å². The van der Waals surface area contributed by atoms with E-state index in [1.54, 1.807) is 6.07 Å². The molecule has 0 bridgehead atoms. The van der Waals surface area contributed by atoms with E-state index >= 15 is 0 Å². The van der Waals surface area contributed by atoms with Crippen molar-refractivity contribution in [3.05, 3.63) is 58.7 Å². The van der Waals surface area contributed by atoms with Crippen LogP contribution in [0.25, 0.3) is 0 Å². The average Bonchev–Trinajstić information content (AvgIpc) is 2.96. The van der Waals surface area contributed by atoms with Gasteiger partial charge in [0.15, 0.2) is 5.84 Å². The van der Waals surface area contributed by atoms with E-state index in [0.29, 0.717) is 11.3 Å². The van der Waals surface area contributed by atoms with Crippen molar-refractivity contribution < 1.29 is 9.94 Å². The van der Waals surface area contributed by atoms with Crippen molar-refractivity contribution in [1.29, 1.82) is 0 Å². The van der Waals surface area contributed by atoms with Gasteiger partial charge in [-0.15, -0.1) is 0 Å². The molecule has 1 aliphatic carbocycles. The van der Waals surface area contributed by atoms with Crippen LogP contribution in [-0.2, 0) is 12.8 Å². The Kier molecular flexibility index (Phi) is 3.52. The van der Waals surface area contributed by atoms with Gasteiger partial charge in [0.2, 0.25) is 0 Å². The minimum Gasteiger partial charge on any atom is -0.456 e. The molecular weight excluding hydrogens is 264 g/mol. The number of ether oxygens (including phenoxy) is 1. The number of oxime groups is 1. The van der Waals surface area contributed by atoms with Crippen LogP contribution in [0.4, 0.5) is 0 Å². The van der Waals surface area contributed by atoms with Crippen molar-refractivity contribution in [2.75, 3.05) is 0 Å². The highest BCUT2D eigenvalue weighted by atomic mass is 16.5. The molecule has 0 fully saturated rings. The lowest BCUT2D eigenvalue weighted by molar-refractivity contribution is 0.318. The number of para-hydroxylation sites is 1. The molecule has 0 radical (unpaired) electrons. The highest BCUT2D eigenvalue weighted by Gasteiger charge is 2.15. The standard InChI is InChI=1S/C17H18N2O2/c1-11-4-2-7-15(17(18)19-20)16(11)21-14-9-8-12-5-3-6-13(12)10-14/h2,4,7-10,20H,3,5-6H2,1H3,(H2,18,19). The van der Waals surface area contributed by atoms with Crippen LogP contribution < -0.4 is 10.5 Å². The predicted molar refractivity (Wildman–Crippen MR) is 82.2 cm³/mol. The van der Waals surface area contributed by atoms with Crippen LogP contribution >= 0.6 is 0 Å². The van der Waals surface area contributed by atoms with Crippen LogP contribution in [0, 0.1) is 6.92 Å². The van der Waals surface area contributed by atoms with Crippen LogP contribution in [0.15, 0.2) is 41.6 Å². The highest BCUT2D eigenvalue weighted by Crippen LogP contribution is 2.32. The summed E-state index contributed by atoms with van der Waals surface area (Å²) in [5.74, 6) is 1.47. The van der Waals surface area contributed by atoms with E-state index in [2.05, 4.69) is 17.3 Å². The van der Waals surface area contributed by atoms with Crippen LogP contribution in [0.5, 0.6) is 11.5 Å². The molecule has 0 saturated heterocycles. The lowest BCUT2D eigenvalue weighted by Gasteiger charge is -2.14. The lowest BCUT2D eigenvalue weighted by Crippen LogP contribution is -2.14. The molecule has 2 aromatic carbocycles. The quantitative estimate of drug-likeness (QED) is 0.392. The molecule has 0 amide bonds. The summed E-state index contributed by atoms with van der Waals surface area (Å²) in [6.45, 7) is 1.94. The van der Waals surface area contributed by atoms with Crippen molar-refractivity contribution in [3.63, 3.8) is 0 Å². The zero-order chi connectivity index (χ0) is 14.8. The first-order valence-electron chi connectivity index (χ1n) is 7.06. The fourth-order valence-corrected chi connectivity index (χ4v) is 2.77. The second kappa shape index (κ2) is 5.48. The number of hydrogen-bond donors (Lipinski definition) is 2. The predicted octanol–water partition coefficient (Wildman–Crippen LogP) is 3.37. The number of amidine groups is 1. The van der Waals surface area contributed by atoms with Crippen molar-refractivity contribution in [2.45, 2.75) is 26.2 Å². The monoisotopic (exact) mass is 282 g/mol. The van der Waals surface area contributed by atoms with Crippen LogP contribution in [0.1, 0.15) is 28.7 Å². The van der Waals surface area contributed by atoms with Crippen molar-refractivity contribution in [1.82, 2.24) is 0 Å². The molecule has 0 atom stereocenters. The largest absolute Gasteiger partial charge is 0.456 e. The number of nitrogens with zero attached hydrogens (tertiary/aromatic N) is 1. The van der Waals surface area contributed by atoms with Crippen LogP contribution in [0.2, 0.25) is 0 Å². The second-order valence-electron chi connectivity index (χ2n) is 5.32. The Balaban J connectivity index is 1.98. The van der Waals surface area contributed by atoms with Gasteiger partial charge in [-0.25, -0.2) is 0 Å². The summed E-state index contributed by atoms with van der Waals surface area (Å²) in [5.41, 5.74) is 10.0. The normalized spacial score (nSPS) is 14.0. The summed E-state index contributed by atoms with van der Waals surface area (Å²) in [4.78, 5) is 0. The Morgan fingerprint density at radius 1 is 1.19 bits per heavy atom. The van der Waals surface area contributed by atoms with Crippen molar-refractivity contribution in [2.24, 2.45) is 10.9 Å². The maximum absolute atomic E-state index is 8.90. The molecule has 1 aliphatic rings. The molecule has 2 aromatic rings. The highest BCUT2D eigenvalue weighted by molar-refractivity contribution is 6.00. The molecule has 3 rings (SSSR count). The third-order valence-electron chi connectivity index (χ3n) is 3.89. The summed E-state index contributed by atoms with van der Waals surface area (Å²) in [6.07, 6.45) is 3.46. The third-order valence-corrected chi connectivity index (χ3v) is 3.89. The van der Waals surface area contributed by atoms with E-state index < -0.39 is 0 Å². The van der Waals surface area contributed by atoms with Gasteiger partial charge >= 0.3 is 0 Å². The molecule has 4 nitrogen and oxygen atoms in total. The molecule has 108 valence electrons. The summed E-state index contributed by atoms with van der Waals surface area (Å²) in [6, 6.07) is 11.8. The minimum atomic E-state index is 0.0508. The summed E-state index contributed by atoms with van der Waals surface area (Å²) >= 11 is 0. The van der Waals surface area contributed by atoms with Gasteiger partial charge in [0, 0.05) is 0 Å². The fourth-order valence-electron chi connectivity index (χ4n) is 2.77. The van der Waals surface area contributed by atoms with Gasteiger partial charge in [-0.1, -0.05) is 23.4 Å². The maximum Gasteiger partial charge on any atom is 0.173 e. The lowest BCUT2D eigenvalue weighted by atomic mass is 10.1. The van der Waals surface area contributed by atoms with Crippen LogP contribution in [-0.4, -0.2) is 11.0 Å². The smallest absolute Gasteiger partial charge is 0.173 e. The summed E-state index contributed by atoms with van der Waals surface area (Å²) < 4.78 is 6.02. The van der Waals surface area contributed by atoms with Gasteiger partial charge in [0.1, 0.15) is 11.5 Å². The average molecular weight is 282 g/mol. The number of rotatable bonds is 3. The van der Waals surface area contributed by atoms with E-state index in [0.717, 1.165) is 24.2 Å². The van der Waals surface area contributed by atoms with E-state index in [4.69, 9.17) is 15.7 Å². The number of benzene rings is 2. The molecular formula is C17H18N2O2. The SMILES string of the molecule is Cc1cccc(/C(N)=N/O)c1Oc1ccc2c(c1)CCC2. The Hall–Kier alpha value is -2.49. The van der Waals surface area contributed by atoms with Crippen molar-refractivity contribution >= 4 is 5.84 Å². The van der Waals surface area contributed by atoms with Gasteiger partial charge in [-0.05, 0) is 61.1 Å². The Morgan fingerprint density at radius 3 is 2.81 bits per heavy atom. The zero-order valence-electron chi connectivity index (χ0n) is 12.0. The Morgan fingerprint density at radius 2 is 2.00 bits per heavy atom. The van der Waals surface area contributed by atoms with Gasteiger partial charge in [0.25, 0.3) is 0 Å². The molecule has 0 saturated carbocycles. The minimum absolute atomic E-state index is 0.0508. The molecule has 3 N–H and O–H groups in total. The van der Waals surface area contributed by atoms with E-state index in [1.165, 1.54) is 17.5 Å². The molecule has 0 spiro atoms. The van der Waals surface area contributed by atoms with Crippen molar-refractivity contribution in [3.8, 4) is 11.5 Å². The molecule has 21 heavy (non-hydrogen) atoms.